The maximum absolute atomic E-state index is 13.0. The molecule has 1 aliphatic carbocycles. The van der Waals surface area contributed by atoms with Crippen molar-refractivity contribution in [3.63, 3.8) is 0 Å². The van der Waals surface area contributed by atoms with Gasteiger partial charge in [0.2, 0.25) is 0 Å². The molecule has 0 saturated heterocycles. The fraction of sp³-hybridized carbons (Fsp3) is 0.500. The van der Waals surface area contributed by atoms with E-state index in [0.29, 0.717) is 12.8 Å². The lowest BCUT2D eigenvalue weighted by Gasteiger charge is -2.22. The summed E-state index contributed by atoms with van der Waals surface area (Å²) in [5, 5.41) is 12.6. The van der Waals surface area contributed by atoms with Crippen molar-refractivity contribution >= 4 is 17.5 Å². The Morgan fingerprint density at radius 1 is 1.56 bits per heavy atom. The van der Waals surface area contributed by atoms with Crippen molar-refractivity contribution in [1.82, 2.24) is 10.3 Å². The Balaban J connectivity index is 2.01. The van der Waals surface area contributed by atoms with E-state index in [1.807, 2.05) is 0 Å². The van der Waals surface area contributed by atoms with Crippen molar-refractivity contribution in [2.75, 3.05) is 6.54 Å². The second-order valence-corrected chi connectivity index (χ2v) is 4.96. The van der Waals surface area contributed by atoms with Gasteiger partial charge in [-0.1, -0.05) is 24.4 Å². The zero-order valence-electron chi connectivity index (χ0n) is 9.75. The number of carbonyl (C=O) groups excluding carboxylic acids is 1. The van der Waals surface area contributed by atoms with Crippen LogP contribution >= 0.6 is 11.6 Å². The molecule has 0 atom stereocenters. The average molecular weight is 273 g/mol. The van der Waals surface area contributed by atoms with E-state index in [9.17, 15) is 14.3 Å². The van der Waals surface area contributed by atoms with Crippen LogP contribution in [0.1, 0.15) is 36.0 Å². The Hall–Kier alpha value is -1.20. The van der Waals surface area contributed by atoms with Gasteiger partial charge in [-0.2, -0.15) is 0 Å². The van der Waals surface area contributed by atoms with E-state index in [1.54, 1.807) is 0 Å². The number of amides is 1. The van der Waals surface area contributed by atoms with Gasteiger partial charge in [0.05, 0.1) is 17.4 Å². The van der Waals surface area contributed by atoms with Crippen LogP contribution in [-0.4, -0.2) is 28.1 Å². The minimum absolute atomic E-state index is 0.0155. The van der Waals surface area contributed by atoms with Crippen molar-refractivity contribution in [2.24, 2.45) is 0 Å². The Morgan fingerprint density at radius 3 is 2.89 bits per heavy atom. The molecule has 18 heavy (non-hydrogen) atoms. The highest BCUT2D eigenvalue weighted by Gasteiger charge is 2.31. The molecular formula is C12H14ClFN2O2. The predicted molar refractivity (Wildman–Crippen MR) is 65.0 cm³/mol. The summed E-state index contributed by atoms with van der Waals surface area (Å²) in [6.07, 6.45) is 4.19. The summed E-state index contributed by atoms with van der Waals surface area (Å²) in [7, 11) is 0. The standard InChI is InChI=1S/C12H14ClFN2O2/c13-10-9(5-8(14)6-15-10)11(17)16-7-12(18)3-1-2-4-12/h5-6,18H,1-4,7H2,(H,16,17). The highest BCUT2D eigenvalue weighted by molar-refractivity contribution is 6.32. The molecule has 4 nitrogen and oxygen atoms in total. The fourth-order valence-corrected chi connectivity index (χ4v) is 2.32. The van der Waals surface area contributed by atoms with Crippen LogP contribution in [0, 0.1) is 5.82 Å². The zero-order chi connectivity index (χ0) is 13.2. The summed E-state index contributed by atoms with van der Waals surface area (Å²) in [6, 6.07) is 1.03. The van der Waals surface area contributed by atoms with Gasteiger partial charge in [-0.3, -0.25) is 4.79 Å². The van der Waals surface area contributed by atoms with Gasteiger partial charge in [0.1, 0.15) is 11.0 Å². The second kappa shape index (κ2) is 5.20. The number of aromatic nitrogens is 1. The molecule has 1 aromatic heterocycles. The molecule has 2 N–H and O–H groups in total. The van der Waals surface area contributed by atoms with Gasteiger partial charge in [-0.15, -0.1) is 0 Å². The van der Waals surface area contributed by atoms with Gasteiger partial charge in [-0.25, -0.2) is 9.37 Å². The Kier molecular flexibility index (Phi) is 3.82. The number of nitrogens with zero attached hydrogens (tertiary/aromatic N) is 1. The van der Waals surface area contributed by atoms with Gasteiger partial charge < -0.3 is 10.4 Å². The summed E-state index contributed by atoms with van der Waals surface area (Å²) in [4.78, 5) is 15.4. The molecule has 1 aromatic rings. The average Bonchev–Trinajstić information content (AvgIpc) is 2.77. The number of pyridine rings is 1. The van der Waals surface area contributed by atoms with Crippen LogP contribution in [0.25, 0.3) is 0 Å². The topological polar surface area (TPSA) is 62.2 Å². The summed E-state index contributed by atoms with van der Waals surface area (Å²) in [6.45, 7) is 0.151. The first-order chi connectivity index (χ1) is 8.50. The zero-order valence-corrected chi connectivity index (χ0v) is 10.5. The minimum atomic E-state index is -0.844. The molecule has 6 heteroatoms. The number of nitrogens with one attached hydrogen (secondary N) is 1. The molecule has 1 fully saturated rings. The number of halogens is 2. The highest BCUT2D eigenvalue weighted by atomic mass is 35.5. The summed E-state index contributed by atoms with van der Waals surface area (Å²) < 4.78 is 13.0. The van der Waals surface area contributed by atoms with Crippen molar-refractivity contribution in [3.8, 4) is 0 Å². The van der Waals surface area contributed by atoms with Gasteiger partial charge in [0.25, 0.3) is 5.91 Å². The lowest BCUT2D eigenvalue weighted by molar-refractivity contribution is 0.0449. The van der Waals surface area contributed by atoms with Crippen LogP contribution in [0.2, 0.25) is 5.15 Å². The van der Waals surface area contributed by atoms with Gasteiger partial charge >= 0.3 is 0 Å². The van der Waals surface area contributed by atoms with E-state index in [-0.39, 0.29) is 17.3 Å². The third-order valence-corrected chi connectivity index (χ3v) is 3.46. The highest BCUT2D eigenvalue weighted by Crippen LogP contribution is 2.28. The summed E-state index contributed by atoms with van der Waals surface area (Å²) in [5.74, 6) is -1.14. The lowest BCUT2D eigenvalue weighted by atomic mass is 10.0. The Bertz CT molecular complexity index is 461. The lowest BCUT2D eigenvalue weighted by Crippen LogP contribution is -2.40. The first-order valence-corrected chi connectivity index (χ1v) is 6.20. The van der Waals surface area contributed by atoms with Crippen molar-refractivity contribution in [1.29, 1.82) is 0 Å². The van der Waals surface area contributed by atoms with Crippen molar-refractivity contribution < 1.29 is 14.3 Å². The van der Waals surface area contributed by atoms with Gasteiger partial charge in [-0.05, 0) is 18.9 Å². The fourth-order valence-electron chi connectivity index (χ4n) is 2.13. The summed E-state index contributed by atoms with van der Waals surface area (Å²) >= 11 is 5.72. The second-order valence-electron chi connectivity index (χ2n) is 4.61. The largest absolute Gasteiger partial charge is 0.388 e. The number of aliphatic hydroxyl groups is 1. The third-order valence-electron chi connectivity index (χ3n) is 3.16. The van der Waals surface area contributed by atoms with E-state index < -0.39 is 17.3 Å². The predicted octanol–water partition coefficient (Wildman–Crippen LogP) is 1.91. The number of carbonyl (C=O) groups is 1. The molecule has 1 aliphatic rings. The number of rotatable bonds is 3. The first kappa shape index (κ1) is 13.2. The summed E-state index contributed by atoms with van der Waals surface area (Å²) in [5.41, 5.74) is -0.860. The van der Waals surface area contributed by atoms with Crippen LogP contribution in [-0.2, 0) is 0 Å². The molecule has 0 radical (unpaired) electrons. The molecule has 0 bridgehead atoms. The Morgan fingerprint density at radius 2 is 2.22 bits per heavy atom. The van der Waals surface area contributed by atoms with Crippen LogP contribution in [0.5, 0.6) is 0 Å². The smallest absolute Gasteiger partial charge is 0.254 e. The molecular weight excluding hydrogens is 259 g/mol. The van der Waals surface area contributed by atoms with Gasteiger partial charge in [0, 0.05) is 6.54 Å². The van der Waals surface area contributed by atoms with Crippen LogP contribution < -0.4 is 5.32 Å². The van der Waals surface area contributed by atoms with E-state index >= 15 is 0 Å². The van der Waals surface area contributed by atoms with E-state index in [0.717, 1.165) is 25.1 Å². The minimum Gasteiger partial charge on any atom is -0.388 e. The van der Waals surface area contributed by atoms with Crippen LogP contribution in [0.3, 0.4) is 0 Å². The Labute approximate surface area is 109 Å². The van der Waals surface area contributed by atoms with E-state index in [4.69, 9.17) is 11.6 Å². The quantitative estimate of drug-likeness (QED) is 0.826. The van der Waals surface area contributed by atoms with Crippen LogP contribution in [0.15, 0.2) is 12.3 Å². The monoisotopic (exact) mass is 272 g/mol. The van der Waals surface area contributed by atoms with E-state index in [1.165, 1.54) is 0 Å². The van der Waals surface area contributed by atoms with Crippen LogP contribution in [0.4, 0.5) is 4.39 Å². The molecule has 1 heterocycles. The van der Waals surface area contributed by atoms with Gasteiger partial charge in [0.15, 0.2) is 0 Å². The molecule has 98 valence electrons. The SMILES string of the molecule is O=C(NCC1(O)CCCC1)c1cc(F)cnc1Cl. The molecule has 0 unspecified atom stereocenters. The molecule has 0 aliphatic heterocycles. The third kappa shape index (κ3) is 2.97. The first-order valence-electron chi connectivity index (χ1n) is 5.82. The molecule has 0 aromatic carbocycles. The normalized spacial score (nSPS) is 17.7. The molecule has 0 spiro atoms. The maximum Gasteiger partial charge on any atom is 0.254 e. The molecule has 1 saturated carbocycles. The van der Waals surface area contributed by atoms with Crippen molar-refractivity contribution in [2.45, 2.75) is 31.3 Å². The maximum atomic E-state index is 13.0. The number of hydrogen-bond acceptors (Lipinski definition) is 3. The molecule has 2 rings (SSSR count). The molecule has 1 amide bonds. The van der Waals surface area contributed by atoms with Crippen molar-refractivity contribution in [3.05, 3.63) is 28.8 Å². The van der Waals surface area contributed by atoms with E-state index in [2.05, 4.69) is 10.3 Å². The number of hydrogen-bond donors (Lipinski definition) is 2.